The maximum absolute atomic E-state index is 13.4. The van der Waals surface area contributed by atoms with E-state index >= 15 is 0 Å². The lowest BCUT2D eigenvalue weighted by Crippen LogP contribution is -2.19. The molecule has 1 aromatic carbocycles. The summed E-state index contributed by atoms with van der Waals surface area (Å²) in [6.07, 6.45) is 2.99. The molecule has 2 nitrogen and oxygen atoms in total. The highest BCUT2D eigenvalue weighted by Crippen LogP contribution is 2.31. The van der Waals surface area contributed by atoms with Crippen molar-refractivity contribution in [2.45, 2.75) is 32.4 Å². The predicted molar refractivity (Wildman–Crippen MR) is 89.5 cm³/mol. The Bertz CT molecular complexity index is 604. The average molecular weight is 358 g/mol. The summed E-state index contributed by atoms with van der Waals surface area (Å²) >= 11 is 0. The normalized spacial score (nSPS) is 14.4. The van der Waals surface area contributed by atoms with Gasteiger partial charge in [-0.25, -0.2) is 4.39 Å². The predicted octanol–water partition coefficient (Wildman–Crippen LogP) is 5.56. The number of rotatable bonds is 9. The number of aliphatic hydroxyl groups is 1. The first kappa shape index (κ1) is 21.0. The second-order valence-corrected chi connectivity index (χ2v) is 5.37. The number of para-hydroxylation sites is 1. The molecular formula is C19H22F4O2. The molecule has 0 aliphatic heterocycles. The van der Waals surface area contributed by atoms with Gasteiger partial charge in [-0.05, 0) is 44.4 Å². The standard InChI is InChI=1S/C19H22F4O2/c1-2-3-7-15(8-6-12-24)14-16(19(21,22)23)11-13-25-18-10-5-4-9-17(18)20/h2-5,9-11,13-14,16,24H,6-8,12H2,1H3/b3-2-,13-11?,15-14+. The van der Waals surface area contributed by atoms with E-state index in [4.69, 9.17) is 9.84 Å². The van der Waals surface area contributed by atoms with Gasteiger partial charge in [-0.3, -0.25) is 0 Å². The van der Waals surface area contributed by atoms with Gasteiger partial charge in [-0.1, -0.05) is 35.9 Å². The highest BCUT2D eigenvalue weighted by atomic mass is 19.4. The first-order valence-corrected chi connectivity index (χ1v) is 7.94. The van der Waals surface area contributed by atoms with Crippen LogP contribution in [0.4, 0.5) is 17.6 Å². The van der Waals surface area contributed by atoms with Crippen molar-refractivity contribution in [1.82, 2.24) is 0 Å². The summed E-state index contributed by atoms with van der Waals surface area (Å²) in [5.41, 5.74) is 0.574. The smallest absolute Gasteiger partial charge is 0.398 e. The number of ether oxygens (including phenoxy) is 1. The second kappa shape index (κ2) is 10.7. The SMILES string of the molecule is C/C=C\C/C(=C\C(C=COc1ccccc1F)C(F)(F)F)CCCO. The Morgan fingerprint density at radius 1 is 1.28 bits per heavy atom. The lowest BCUT2D eigenvalue weighted by molar-refractivity contribution is -0.149. The van der Waals surface area contributed by atoms with E-state index in [-0.39, 0.29) is 12.4 Å². The Morgan fingerprint density at radius 3 is 2.60 bits per heavy atom. The molecule has 1 aromatic rings. The van der Waals surface area contributed by atoms with Crippen LogP contribution in [0.15, 0.2) is 60.4 Å². The molecule has 0 aliphatic carbocycles. The monoisotopic (exact) mass is 358 g/mol. The van der Waals surface area contributed by atoms with Crippen LogP contribution in [0.1, 0.15) is 26.2 Å². The van der Waals surface area contributed by atoms with Crippen molar-refractivity contribution >= 4 is 0 Å². The van der Waals surface area contributed by atoms with E-state index in [0.29, 0.717) is 24.8 Å². The lowest BCUT2D eigenvalue weighted by atomic mass is 9.99. The van der Waals surface area contributed by atoms with Crippen LogP contribution >= 0.6 is 0 Å². The molecule has 6 heteroatoms. The summed E-state index contributed by atoms with van der Waals surface area (Å²) in [5.74, 6) is -2.64. The third-order valence-electron chi connectivity index (χ3n) is 3.38. The maximum Gasteiger partial charge on any atom is 0.398 e. The molecule has 1 unspecified atom stereocenters. The van der Waals surface area contributed by atoms with Crippen LogP contribution in [0.2, 0.25) is 0 Å². The molecule has 1 rings (SSSR count). The molecule has 1 N–H and O–H groups in total. The number of hydrogen-bond acceptors (Lipinski definition) is 2. The van der Waals surface area contributed by atoms with Crippen LogP contribution in [0, 0.1) is 11.7 Å². The highest BCUT2D eigenvalue weighted by Gasteiger charge is 2.36. The zero-order valence-corrected chi connectivity index (χ0v) is 14.0. The van der Waals surface area contributed by atoms with Crippen LogP contribution in [0.3, 0.4) is 0 Å². The summed E-state index contributed by atoms with van der Waals surface area (Å²) < 4.78 is 58.1. The third kappa shape index (κ3) is 8.03. The lowest BCUT2D eigenvalue weighted by Gasteiger charge is -2.15. The van der Waals surface area contributed by atoms with Gasteiger partial charge in [0.2, 0.25) is 0 Å². The van der Waals surface area contributed by atoms with Crippen molar-refractivity contribution in [3.8, 4) is 5.75 Å². The minimum Gasteiger partial charge on any atom is -0.462 e. The fraction of sp³-hybridized carbons (Fsp3) is 0.368. The minimum atomic E-state index is -4.49. The molecule has 0 bridgehead atoms. The molecular weight excluding hydrogens is 336 g/mol. The van der Waals surface area contributed by atoms with E-state index in [1.807, 2.05) is 0 Å². The molecule has 138 valence electrons. The summed E-state index contributed by atoms with van der Waals surface area (Å²) in [6, 6.07) is 5.48. The zero-order chi connectivity index (χ0) is 18.7. The van der Waals surface area contributed by atoms with Gasteiger partial charge in [-0.2, -0.15) is 13.2 Å². The van der Waals surface area contributed by atoms with Crippen molar-refractivity contribution in [3.05, 3.63) is 66.2 Å². The Labute approximate surface area is 145 Å². The van der Waals surface area contributed by atoms with Crippen molar-refractivity contribution < 1.29 is 27.4 Å². The van der Waals surface area contributed by atoms with Gasteiger partial charge in [0.15, 0.2) is 11.6 Å². The number of benzene rings is 1. The van der Waals surface area contributed by atoms with Gasteiger partial charge in [0.1, 0.15) is 0 Å². The Hall–Kier alpha value is -2.08. The van der Waals surface area contributed by atoms with E-state index in [1.165, 1.54) is 18.2 Å². The fourth-order valence-corrected chi connectivity index (χ4v) is 2.08. The summed E-state index contributed by atoms with van der Waals surface area (Å²) in [5, 5.41) is 8.89. The van der Waals surface area contributed by atoms with Crippen LogP contribution in [0.5, 0.6) is 5.75 Å². The van der Waals surface area contributed by atoms with Crippen LogP contribution < -0.4 is 4.74 Å². The van der Waals surface area contributed by atoms with E-state index in [0.717, 1.165) is 24.5 Å². The van der Waals surface area contributed by atoms with Crippen molar-refractivity contribution in [3.63, 3.8) is 0 Å². The van der Waals surface area contributed by atoms with Gasteiger partial charge in [0, 0.05) is 6.61 Å². The molecule has 1 atom stereocenters. The van der Waals surface area contributed by atoms with Gasteiger partial charge >= 0.3 is 6.18 Å². The van der Waals surface area contributed by atoms with Gasteiger partial charge in [0.25, 0.3) is 0 Å². The number of allylic oxidation sites excluding steroid dienone is 5. The molecule has 0 saturated carbocycles. The largest absolute Gasteiger partial charge is 0.462 e. The van der Waals surface area contributed by atoms with E-state index < -0.39 is 17.9 Å². The molecule has 0 aliphatic rings. The van der Waals surface area contributed by atoms with Crippen molar-refractivity contribution in [2.24, 2.45) is 5.92 Å². The molecule has 0 aromatic heterocycles. The van der Waals surface area contributed by atoms with E-state index in [9.17, 15) is 17.6 Å². The Balaban J connectivity index is 2.92. The Kier molecular flexibility index (Phi) is 8.99. The van der Waals surface area contributed by atoms with E-state index in [2.05, 4.69) is 0 Å². The molecule has 25 heavy (non-hydrogen) atoms. The number of alkyl halides is 3. The van der Waals surface area contributed by atoms with Gasteiger partial charge < -0.3 is 9.84 Å². The minimum absolute atomic E-state index is 0.0872. The highest BCUT2D eigenvalue weighted by molar-refractivity contribution is 5.24. The second-order valence-electron chi connectivity index (χ2n) is 5.37. The van der Waals surface area contributed by atoms with Crippen LogP contribution in [-0.2, 0) is 0 Å². The molecule has 0 saturated heterocycles. The third-order valence-corrected chi connectivity index (χ3v) is 3.38. The van der Waals surface area contributed by atoms with Crippen LogP contribution in [-0.4, -0.2) is 17.9 Å². The quantitative estimate of drug-likeness (QED) is 0.356. The average Bonchev–Trinajstić information content (AvgIpc) is 2.56. The zero-order valence-electron chi connectivity index (χ0n) is 14.0. The number of aliphatic hydroxyl groups excluding tert-OH is 1. The molecule has 0 amide bonds. The van der Waals surface area contributed by atoms with Crippen molar-refractivity contribution in [1.29, 1.82) is 0 Å². The fourth-order valence-electron chi connectivity index (χ4n) is 2.08. The summed E-state index contributed by atoms with van der Waals surface area (Å²) in [6.45, 7) is 1.70. The van der Waals surface area contributed by atoms with Crippen LogP contribution in [0.25, 0.3) is 0 Å². The first-order valence-electron chi connectivity index (χ1n) is 7.94. The summed E-state index contributed by atoms with van der Waals surface area (Å²) in [7, 11) is 0. The molecule has 0 fully saturated rings. The van der Waals surface area contributed by atoms with Crippen molar-refractivity contribution in [2.75, 3.05) is 6.61 Å². The number of halogens is 4. The molecule has 0 spiro atoms. The number of hydrogen-bond donors (Lipinski definition) is 1. The Morgan fingerprint density at radius 2 is 2.00 bits per heavy atom. The molecule has 0 radical (unpaired) electrons. The first-order chi connectivity index (χ1) is 11.9. The van der Waals surface area contributed by atoms with E-state index in [1.54, 1.807) is 19.1 Å². The maximum atomic E-state index is 13.4. The topological polar surface area (TPSA) is 29.5 Å². The van der Waals surface area contributed by atoms with Gasteiger partial charge in [-0.15, -0.1) is 0 Å². The van der Waals surface area contributed by atoms with Gasteiger partial charge in [0.05, 0.1) is 12.2 Å². The molecule has 0 heterocycles. The summed E-state index contributed by atoms with van der Waals surface area (Å²) in [4.78, 5) is 0.